The summed E-state index contributed by atoms with van der Waals surface area (Å²) in [5.74, 6) is 1.69. The smallest absolute Gasteiger partial charge is 0.0576 e. The Balaban J connectivity index is 2.18. The molecule has 2 rings (SSSR count). The van der Waals surface area contributed by atoms with Gasteiger partial charge >= 0.3 is 0 Å². The average molecular weight is 367 g/mol. The summed E-state index contributed by atoms with van der Waals surface area (Å²) in [6.07, 6.45) is 7.86. The van der Waals surface area contributed by atoms with Crippen molar-refractivity contribution in [3.63, 3.8) is 0 Å². The van der Waals surface area contributed by atoms with Crippen LogP contribution in [0.4, 0.5) is 0 Å². The minimum atomic E-state index is -0.380. The summed E-state index contributed by atoms with van der Waals surface area (Å²) in [5, 5.41) is 13.8. The molecular weight excluding hydrogens is 324 g/mol. The van der Waals surface area contributed by atoms with Gasteiger partial charge < -0.3 is 26.8 Å². The van der Waals surface area contributed by atoms with Crippen LogP contribution in [0.5, 0.6) is 0 Å². The number of hydrogen-bond donors (Lipinski definition) is 4. The Morgan fingerprint density at radius 1 is 1.35 bits per heavy atom. The molecule has 0 saturated carbocycles. The first-order chi connectivity index (χ1) is 12.3. The van der Waals surface area contributed by atoms with Gasteiger partial charge in [0.05, 0.1) is 12.3 Å². The molecule has 0 aromatic rings. The van der Waals surface area contributed by atoms with Crippen LogP contribution >= 0.6 is 0 Å². The first kappa shape index (κ1) is 21.8. The van der Waals surface area contributed by atoms with Crippen LogP contribution < -0.4 is 16.8 Å². The van der Waals surface area contributed by atoms with Gasteiger partial charge in [0, 0.05) is 18.0 Å². The fourth-order valence-electron chi connectivity index (χ4n) is 5.44. The Morgan fingerprint density at radius 3 is 2.50 bits per heavy atom. The van der Waals surface area contributed by atoms with Crippen LogP contribution in [-0.4, -0.2) is 55.0 Å². The summed E-state index contributed by atoms with van der Waals surface area (Å²) < 4.78 is 0. The van der Waals surface area contributed by atoms with E-state index in [0.717, 1.165) is 25.8 Å². The van der Waals surface area contributed by atoms with Crippen LogP contribution in [0, 0.1) is 23.7 Å². The maximum atomic E-state index is 10.4. The molecule has 0 bridgehead atoms. The van der Waals surface area contributed by atoms with Gasteiger partial charge in [0.2, 0.25) is 0 Å². The molecule has 0 radical (unpaired) electrons. The quantitative estimate of drug-likeness (QED) is 0.493. The normalized spacial score (nSPS) is 34.4. The van der Waals surface area contributed by atoms with E-state index in [1.165, 1.54) is 12.8 Å². The monoisotopic (exact) mass is 366 g/mol. The minimum Gasteiger partial charge on any atom is -0.393 e. The second-order valence-corrected chi connectivity index (χ2v) is 8.96. The van der Waals surface area contributed by atoms with E-state index in [1.54, 1.807) is 5.57 Å². The lowest BCUT2D eigenvalue weighted by Crippen LogP contribution is -2.49. The maximum Gasteiger partial charge on any atom is 0.0576 e. The first-order valence-electron chi connectivity index (χ1n) is 10.5. The third kappa shape index (κ3) is 5.08. The molecule has 0 aromatic carbocycles. The van der Waals surface area contributed by atoms with E-state index in [4.69, 9.17) is 11.5 Å². The molecule has 0 aromatic heterocycles. The molecule has 152 valence electrons. The Morgan fingerprint density at radius 2 is 2.04 bits per heavy atom. The van der Waals surface area contributed by atoms with Crippen LogP contribution in [0.25, 0.3) is 0 Å². The summed E-state index contributed by atoms with van der Waals surface area (Å²) in [6, 6.07) is 0.437. The van der Waals surface area contributed by atoms with Gasteiger partial charge in [-0.3, -0.25) is 0 Å². The van der Waals surface area contributed by atoms with E-state index in [0.29, 0.717) is 23.8 Å². The molecule has 1 aliphatic carbocycles. The molecule has 5 nitrogen and oxygen atoms in total. The summed E-state index contributed by atoms with van der Waals surface area (Å²) >= 11 is 0. The summed E-state index contributed by atoms with van der Waals surface area (Å²) in [7, 11) is 4.30. The lowest BCUT2D eigenvalue weighted by atomic mass is 9.68. The predicted molar refractivity (Wildman–Crippen MR) is 110 cm³/mol. The maximum absolute atomic E-state index is 10.4. The number of aliphatic hydroxyl groups is 1. The zero-order valence-electron chi connectivity index (χ0n) is 17.5. The van der Waals surface area contributed by atoms with Crippen molar-refractivity contribution in [2.24, 2.45) is 35.1 Å². The second kappa shape index (κ2) is 9.65. The molecule has 0 amide bonds. The molecule has 1 aliphatic heterocycles. The number of nitrogens with two attached hydrogens (primary N) is 2. The summed E-state index contributed by atoms with van der Waals surface area (Å²) in [4.78, 5) is 2.31. The van der Waals surface area contributed by atoms with Crippen molar-refractivity contribution in [2.75, 3.05) is 20.6 Å². The molecule has 6 N–H and O–H groups in total. The Hall–Kier alpha value is -0.460. The zero-order valence-corrected chi connectivity index (χ0v) is 17.5. The van der Waals surface area contributed by atoms with Crippen LogP contribution in [0.1, 0.15) is 52.9 Å². The van der Waals surface area contributed by atoms with Gasteiger partial charge in [0.1, 0.15) is 0 Å². The lowest BCUT2D eigenvalue weighted by Gasteiger charge is -2.44. The average Bonchev–Trinajstić information content (AvgIpc) is 2.96. The molecule has 8 unspecified atom stereocenters. The van der Waals surface area contributed by atoms with Gasteiger partial charge in [-0.2, -0.15) is 0 Å². The van der Waals surface area contributed by atoms with Crippen molar-refractivity contribution in [1.82, 2.24) is 10.2 Å². The largest absolute Gasteiger partial charge is 0.393 e. The minimum absolute atomic E-state index is 0.00525. The van der Waals surface area contributed by atoms with Crippen LogP contribution in [0.2, 0.25) is 0 Å². The number of aliphatic hydroxyl groups excluding tert-OH is 1. The van der Waals surface area contributed by atoms with Gasteiger partial charge in [-0.15, -0.1) is 0 Å². The number of hydrogen-bond acceptors (Lipinski definition) is 5. The van der Waals surface area contributed by atoms with Crippen molar-refractivity contribution in [2.45, 2.75) is 77.2 Å². The third-order valence-electron chi connectivity index (χ3n) is 6.92. The topological polar surface area (TPSA) is 87.5 Å². The molecule has 1 fully saturated rings. The van der Waals surface area contributed by atoms with Gasteiger partial charge in [0.15, 0.2) is 0 Å². The van der Waals surface area contributed by atoms with Gasteiger partial charge in [-0.1, -0.05) is 18.6 Å². The molecule has 5 heteroatoms. The SMILES string of the molecule is CCC(CC1CCNC1N)C1=CCC(N(C)C)C(C(C(C)N)C(C)O)C1. The third-order valence-corrected chi connectivity index (χ3v) is 6.92. The molecule has 26 heavy (non-hydrogen) atoms. The Labute approximate surface area is 160 Å². The lowest BCUT2D eigenvalue weighted by molar-refractivity contribution is 0.0338. The van der Waals surface area contributed by atoms with Crippen molar-refractivity contribution in [1.29, 1.82) is 0 Å². The highest BCUT2D eigenvalue weighted by Gasteiger charge is 2.39. The van der Waals surface area contributed by atoms with Crippen molar-refractivity contribution in [3.8, 4) is 0 Å². The van der Waals surface area contributed by atoms with E-state index >= 15 is 0 Å². The van der Waals surface area contributed by atoms with Gasteiger partial charge in [0.25, 0.3) is 0 Å². The van der Waals surface area contributed by atoms with Gasteiger partial charge in [-0.05, 0) is 84.3 Å². The molecular formula is C21H42N4O. The first-order valence-corrected chi connectivity index (χ1v) is 10.5. The number of allylic oxidation sites excluding steroid dienone is 1. The van der Waals surface area contributed by atoms with E-state index in [-0.39, 0.29) is 24.2 Å². The standard InChI is InChI=1S/C21H42N4O/c1-6-15(11-17-9-10-24-21(17)23)16-7-8-19(25(4)5)18(12-16)20(13(2)22)14(3)26/h7,13-15,17-21,24,26H,6,8-12,22-23H2,1-5H3. The van der Waals surface area contributed by atoms with Crippen molar-refractivity contribution >= 4 is 0 Å². The zero-order chi connectivity index (χ0) is 19.4. The molecule has 8 atom stereocenters. The highest BCUT2D eigenvalue weighted by atomic mass is 16.3. The summed E-state index contributed by atoms with van der Waals surface area (Å²) in [6.45, 7) is 7.29. The molecule has 0 spiro atoms. The van der Waals surface area contributed by atoms with Crippen LogP contribution in [0.3, 0.4) is 0 Å². The highest BCUT2D eigenvalue weighted by Crippen LogP contribution is 2.41. The van der Waals surface area contributed by atoms with E-state index in [2.05, 4.69) is 37.3 Å². The number of nitrogens with zero attached hydrogens (tertiary/aromatic N) is 1. The van der Waals surface area contributed by atoms with Crippen LogP contribution in [0.15, 0.2) is 11.6 Å². The van der Waals surface area contributed by atoms with Crippen molar-refractivity contribution in [3.05, 3.63) is 11.6 Å². The van der Waals surface area contributed by atoms with Crippen LogP contribution in [-0.2, 0) is 0 Å². The number of rotatable bonds is 8. The van der Waals surface area contributed by atoms with Gasteiger partial charge in [-0.25, -0.2) is 0 Å². The molecule has 1 saturated heterocycles. The number of nitrogens with one attached hydrogen (secondary N) is 1. The van der Waals surface area contributed by atoms with E-state index < -0.39 is 0 Å². The Bertz CT molecular complexity index is 455. The Kier molecular flexibility index (Phi) is 8.10. The fourth-order valence-corrected chi connectivity index (χ4v) is 5.44. The fraction of sp³-hybridized carbons (Fsp3) is 0.905. The molecule has 1 heterocycles. The molecule has 2 aliphatic rings. The summed E-state index contributed by atoms with van der Waals surface area (Å²) in [5.41, 5.74) is 14.1. The van der Waals surface area contributed by atoms with Crippen molar-refractivity contribution < 1.29 is 5.11 Å². The van der Waals surface area contributed by atoms with E-state index in [1.807, 2.05) is 13.8 Å². The second-order valence-electron chi connectivity index (χ2n) is 8.96. The van der Waals surface area contributed by atoms with E-state index in [9.17, 15) is 5.11 Å². The predicted octanol–water partition coefficient (Wildman–Crippen LogP) is 1.91. The highest BCUT2D eigenvalue weighted by molar-refractivity contribution is 5.16.